The van der Waals surface area contributed by atoms with Crippen molar-refractivity contribution >= 4 is 42.1 Å². The van der Waals surface area contributed by atoms with Gasteiger partial charge in [-0.25, -0.2) is 4.98 Å². The van der Waals surface area contributed by atoms with Gasteiger partial charge < -0.3 is 20.1 Å². The molecule has 1 aromatic heterocycles. The minimum absolute atomic E-state index is 0. The van der Waals surface area contributed by atoms with Crippen LogP contribution < -0.4 is 20.1 Å². The molecule has 0 radical (unpaired) electrons. The van der Waals surface area contributed by atoms with Gasteiger partial charge in [0.25, 0.3) is 5.91 Å². The van der Waals surface area contributed by atoms with E-state index in [9.17, 15) is 4.79 Å². The minimum Gasteiger partial charge on any atom is -0.493 e. The van der Waals surface area contributed by atoms with E-state index in [1.54, 1.807) is 14.2 Å². The molecule has 6 nitrogen and oxygen atoms in total. The number of benzene rings is 1. The lowest BCUT2D eigenvalue weighted by Gasteiger charge is -2.23. The number of carbonyl (C=O) groups is 1. The molecular weight excluding hydrogens is 409 g/mol. The van der Waals surface area contributed by atoms with Crippen molar-refractivity contribution in [1.29, 1.82) is 0 Å². The van der Waals surface area contributed by atoms with Gasteiger partial charge in [0.2, 0.25) is 0 Å². The maximum absolute atomic E-state index is 12.6. The number of hydrogen-bond donors (Lipinski definition) is 2. The van der Waals surface area contributed by atoms with Gasteiger partial charge in [-0.2, -0.15) is 0 Å². The summed E-state index contributed by atoms with van der Waals surface area (Å²) in [6.07, 6.45) is 2.10. The van der Waals surface area contributed by atoms with Crippen molar-refractivity contribution in [3.63, 3.8) is 0 Å². The highest BCUT2D eigenvalue weighted by atomic mass is 35.5. The quantitative estimate of drug-likeness (QED) is 0.754. The number of hydrogen-bond acceptors (Lipinski definition) is 6. The molecular formula is C18H25Cl2N3O3S. The van der Waals surface area contributed by atoms with Crippen LogP contribution in [0.15, 0.2) is 18.2 Å². The maximum atomic E-state index is 12.6. The average molecular weight is 434 g/mol. The van der Waals surface area contributed by atoms with Gasteiger partial charge in [0.1, 0.15) is 9.88 Å². The predicted molar refractivity (Wildman–Crippen MR) is 113 cm³/mol. The Labute approximate surface area is 175 Å². The van der Waals surface area contributed by atoms with E-state index < -0.39 is 0 Å². The van der Waals surface area contributed by atoms with Crippen LogP contribution in [0.3, 0.4) is 0 Å². The topological polar surface area (TPSA) is 72.5 Å². The Bertz CT molecular complexity index is 764. The number of aromatic nitrogens is 1. The molecule has 1 aromatic carbocycles. The highest BCUT2D eigenvalue weighted by Gasteiger charge is 2.21. The normalized spacial score (nSPS) is 15.9. The van der Waals surface area contributed by atoms with Crippen LogP contribution in [0.5, 0.6) is 11.5 Å². The summed E-state index contributed by atoms with van der Waals surface area (Å²) in [6, 6.07) is 5.83. The summed E-state index contributed by atoms with van der Waals surface area (Å²) >= 11 is 1.40. The van der Waals surface area contributed by atoms with Gasteiger partial charge in [-0.15, -0.1) is 36.2 Å². The zero-order valence-electron chi connectivity index (χ0n) is 15.5. The van der Waals surface area contributed by atoms with Crippen molar-refractivity contribution < 1.29 is 14.3 Å². The number of ether oxygens (including phenoxy) is 2. The lowest BCUT2D eigenvalue weighted by Crippen LogP contribution is -2.45. The fraction of sp³-hybridized carbons (Fsp3) is 0.444. The number of nitrogens with one attached hydrogen (secondary N) is 2. The van der Waals surface area contributed by atoms with E-state index in [0.717, 1.165) is 42.2 Å². The van der Waals surface area contributed by atoms with Crippen LogP contribution in [0.1, 0.15) is 28.2 Å². The van der Waals surface area contributed by atoms with Crippen LogP contribution in [-0.4, -0.2) is 44.2 Å². The standard InChI is InChI=1S/C18H23N3O3S.2ClH/c1-11-16(17(22)21-13-5-4-8-19-10-13)25-18(20-11)12-6-7-14(23-2)15(9-12)24-3;;/h6-7,9,13,19H,4-5,8,10H2,1-3H3,(H,21,22);2*1H/t13-;;/m0../s1. The van der Waals surface area contributed by atoms with Crippen molar-refractivity contribution in [1.82, 2.24) is 15.6 Å². The molecule has 0 spiro atoms. The first kappa shape index (κ1) is 23.5. The first-order chi connectivity index (χ1) is 12.1. The third-order valence-corrected chi connectivity index (χ3v) is 5.47. The largest absolute Gasteiger partial charge is 0.493 e. The van der Waals surface area contributed by atoms with Crippen LogP contribution in [-0.2, 0) is 0 Å². The average Bonchev–Trinajstić information content (AvgIpc) is 3.03. The lowest BCUT2D eigenvalue weighted by atomic mass is 10.1. The van der Waals surface area contributed by atoms with Crippen LogP contribution in [0.25, 0.3) is 10.6 Å². The number of halogens is 2. The van der Waals surface area contributed by atoms with Gasteiger partial charge in [-0.1, -0.05) is 0 Å². The summed E-state index contributed by atoms with van der Waals surface area (Å²) in [4.78, 5) is 17.8. The van der Waals surface area contributed by atoms with E-state index in [-0.39, 0.29) is 36.8 Å². The van der Waals surface area contributed by atoms with Crippen molar-refractivity contribution in [3.8, 4) is 22.1 Å². The number of aryl methyl sites for hydroxylation is 1. The van der Waals surface area contributed by atoms with Crippen molar-refractivity contribution in [3.05, 3.63) is 28.8 Å². The van der Waals surface area contributed by atoms with E-state index >= 15 is 0 Å². The molecule has 0 saturated carbocycles. The summed E-state index contributed by atoms with van der Waals surface area (Å²) in [7, 11) is 3.21. The lowest BCUT2D eigenvalue weighted by molar-refractivity contribution is 0.0934. The second-order valence-corrected chi connectivity index (χ2v) is 7.02. The Kier molecular flexibility index (Phi) is 9.32. The van der Waals surface area contributed by atoms with Gasteiger partial charge in [0, 0.05) is 18.2 Å². The van der Waals surface area contributed by atoms with Crippen LogP contribution >= 0.6 is 36.2 Å². The number of rotatable bonds is 5. The maximum Gasteiger partial charge on any atom is 0.263 e. The highest BCUT2D eigenvalue weighted by Crippen LogP contribution is 2.35. The van der Waals surface area contributed by atoms with Gasteiger partial charge in [0.15, 0.2) is 11.5 Å². The number of nitrogens with zero attached hydrogens (tertiary/aromatic N) is 1. The molecule has 1 amide bonds. The first-order valence-electron chi connectivity index (χ1n) is 8.33. The van der Waals surface area contributed by atoms with Crippen LogP contribution in [0, 0.1) is 6.92 Å². The van der Waals surface area contributed by atoms with E-state index in [2.05, 4.69) is 15.6 Å². The van der Waals surface area contributed by atoms with Crippen molar-refractivity contribution in [2.45, 2.75) is 25.8 Å². The molecule has 9 heteroatoms. The van der Waals surface area contributed by atoms with Gasteiger partial charge >= 0.3 is 0 Å². The Morgan fingerprint density at radius 3 is 2.63 bits per heavy atom. The molecule has 2 heterocycles. The second-order valence-electron chi connectivity index (χ2n) is 6.02. The molecule has 3 rings (SSSR count). The minimum atomic E-state index is -0.0459. The van der Waals surface area contributed by atoms with Gasteiger partial charge in [-0.05, 0) is 44.5 Å². The molecule has 0 aliphatic carbocycles. The van der Waals surface area contributed by atoms with Crippen molar-refractivity contribution in [2.75, 3.05) is 27.3 Å². The van der Waals surface area contributed by atoms with Gasteiger partial charge in [0.05, 0.1) is 19.9 Å². The molecule has 1 saturated heterocycles. The summed E-state index contributed by atoms with van der Waals surface area (Å²) in [5.74, 6) is 1.27. The molecule has 1 atom stereocenters. The molecule has 1 aliphatic heterocycles. The summed E-state index contributed by atoms with van der Waals surface area (Å²) in [5.41, 5.74) is 1.65. The molecule has 27 heavy (non-hydrogen) atoms. The van der Waals surface area contributed by atoms with Gasteiger partial charge in [-0.3, -0.25) is 4.79 Å². The number of methoxy groups -OCH3 is 2. The van der Waals surface area contributed by atoms with Crippen molar-refractivity contribution in [2.24, 2.45) is 0 Å². The monoisotopic (exact) mass is 433 g/mol. The smallest absolute Gasteiger partial charge is 0.263 e. The van der Waals surface area contributed by atoms with E-state index in [4.69, 9.17) is 9.47 Å². The number of amides is 1. The van der Waals surface area contributed by atoms with E-state index in [1.165, 1.54) is 11.3 Å². The fourth-order valence-electron chi connectivity index (χ4n) is 2.93. The van der Waals surface area contributed by atoms with E-state index in [1.807, 2.05) is 25.1 Å². The molecule has 1 fully saturated rings. The molecule has 150 valence electrons. The molecule has 2 aromatic rings. The summed E-state index contributed by atoms with van der Waals surface area (Å²) in [6.45, 7) is 3.72. The fourth-order valence-corrected chi connectivity index (χ4v) is 3.89. The molecule has 0 bridgehead atoms. The highest BCUT2D eigenvalue weighted by molar-refractivity contribution is 7.17. The third kappa shape index (κ3) is 5.48. The first-order valence-corrected chi connectivity index (χ1v) is 9.15. The SMILES string of the molecule is COc1ccc(-c2nc(C)c(C(=O)N[C@H]3CCCNC3)s2)cc1OC.Cl.Cl. The number of thiazole rings is 1. The Morgan fingerprint density at radius 1 is 1.26 bits per heavy atom. The molecule has 2 N–H and O–H groups in total. The van der Waals surface area contributed by atoms with Crippen LogP contribution in [0.4, 0.5) is 0 Å². The second kappa shape index (κ2) is 10.7. The predicted octanol–water partition coefficient (Wildman–Crippen LogP) is 3.46. The van der Waals surface area contributed by atoms with E-state index in [0.29, 0.717) is 16.4 Å². The molecule has 0 unspecified atom stereocenters. The summed E-state index contributed by atoms with van der Waals surface area (Å²) in [5, 5.41) is 7.21. The number of piperidine rings is 1. The zero-order valence-corrected chi connectivity index (χ0v) is 18.0. The Hall–Kier alpha value is -1.54. The Morgan fingerprint density at radius 2 is 2.00 bits per heavy atom. The zero-order chi connectivity index (χ0) is 17.8. The Balaban J connectivity index is 0.00000182. The molecule has 1 aliphatic rings. The summed E-state index contributed by atoms with van der Waals surface area (Å²) < 4.78 is 10.6. The number of carbonyl (C=O) groups excluding carboxylic acids is 1. The van der Waals surface area contributed by atoms with Crippen LogP contribution in [0.2, 0.25) is 0 Å². The third-order valence-electron chi connectivity index (χ3n) is 4.27.